The zero-order chi connectivity index (χ0) is 17.8. The van der Waals surface area contributed by atoms with Gasteiger partial charge >= 0.3 is 5.56 Å². The van der Waals surface area contributed by atoms with Gasteiger partial charge in [-0.25, -0.2) is 9.37 Å². The van der Waals surface area contributed by atoms with E-state index in [9.17, 15) is 14.0 Å². The lowest BCUT2D eigenvalue weighted by atomic mass is 10.0. The molecule has 1 heterocycles. The van der Waals surface area contributed by atoms with Crippen LogP contribution in [-0.2, 0) is 6.54 Å². The molecule has 126 valence electrons. The van der Waals surface area contributed by atoms with Crippen molar-refractivity contribution in [1.82, 2.24) is 9.55 Å². The van der Waals surface area contributed by atoms with Crippen LogP contribution in [0.2, 0.25) is 0 Å². The number of rotatable bonds is 5. The van der Waals surface area contributed by atoms with Gasteiger partial charge in [-0.15, -0.1) is 0 Å². The van der Waals surface area contributed by atoms with E-state index in [1.54, 1.807) is 30.5 Å². The Balaban J connectivity index is 1.80. The predicted molar refractivity (Wildman–Crippen MR) is 90.5 cm³/mol. The van der Waals surface area contributed by atoms with Crippen molar-refractivity contribution in [3.63, 3.8) is 0 Å². The van der Waals surface area contributed by atoms with Crippen LogP contribution in [0.25, 0.3) is 0 Å². The number of aryl methyl sites for hydroxylation is 1. The van der Waals surface area contributed by atoms with Gasteiger partial charge in [-0.1, -0.05) is 0 Å². The fourth-order valence-corrected chi connectivity index (χ4v) is 2.30. The van der Waals surface area contributed by atoms with Gasteiger partial charge in [0.2, 0.25) is 0 Å². The second-order valence-corrected chi connectivity index (χ2v) is 5.29. The van der Waals surface area contributed by atoms with Gasteiger partial charge in [0.15, 0.2) is 5.78 Å². The maximum absolute atomic E-state index is 12.9. The first-order valence-corrected chi connectivity index (χ1v) is 7.72. The average Bonchev–Trinajstić information content (AvgIpc) is 2.64. The van der Waals surface area contributed by atoms with E-state index in [2.05, 4.69) is 4.98 Å². The van der Waals surface area contributed by atoms with Gasteiger partial charge < -0.3 is 9.30 Å². The highest BCUT2D eigenvalue weighted by Gasteiger charge is 2.11. The topological polar surface area (TPSA) is 61.2 Å². The molecule has 2 aromatic carbocycles. The maximum Gasteiger partial charge on any atom is 0.313 e. The van der Waals surface area contributed by atoms with Gasteiger partial charge in [0.25, 0.3) is 5.88 Å². The van der Waals surface area contributed by atoms with Gasteiger partial charge in [0.1, 0.15) is 11.6 Å². The van der Waals surface area contributed by atoms with Crippen molar-refractivity contribution < 1.29 is 13.9 Å². The van der Waals surface area contributed by atoms with Crippen LogP contribution in [0.4, 0.5) is 4.39 Å². The highest BCUT2D eigenvalue weighted by molar-refractivity contribution is 6.08. The Hall–Kier alpha value is -3.28. The number of hydrogen-bond donors (Lipinski definition) is 0. The van der Waals surface area contributed by atoms with Crippen LogP contribution in [0, 0.1) is 5.82 Å². The summed E-state index contributed by atoms with van der Waals surface area (Å²) in [6.45, 7) is 2.36. The summed E-state index contributed by atoms with van der Waals surface area (Å²) in [5, 5.41) is 0. The minimum Gasteiger partial charge on any atom is -0.435 e. The number of hydrogen-bond acceptors (Lipinski definition) is 4. The molecule has 0 spiro atoms. The molecule has 0 N–H and O–H groups in total. The number of benzene rings is 2. The quantitative estimate of drug-likeness (QED) is 0.669. The summed E-state index contributed by atoms with van der Waals surface area (Å²) < 4.78 is 19.9. The Kier molecular flexibility index (Phi) is 4.70. The van der Waals surface area contributed by atoms with Crippen LogP contribution >= 0.6 is 0 Å². The Morgan fingerprint density at radius 1 is 1.08 bits per heavy atom. The highest BCUT2D eigenvalue weighted by Crippen LogP contribution is 2.19. The van der Waals surface area contributed by atoms with E-state index in [0.717, 1.165) is 0 Å². The lowest BCUT2D eigenvalue weighted by Crippen LogP contribution is -2.20. The van der Waals surface area contributed by atoms with Crippen LogP contribution in [0.3, 0.4) is 0 Å². The first-order valence-electron chi connectivity index (χ1n) is 7.72. The number of ether oxygens (including phenoxy) is 1. The van der Waals surface area contributed by atoms with Crippen LogP contribution in [-0.4, -0.2) is 15.3 Å². The number of halogens is 1. The van der Waals surface area contributed by atoms with E-state index in [-0.39, 0.29) is 17.2 Å². The fraction of sp³-hybridized carbons (Fsp3) is 0.105. The monoisotopic (exact) mass is 338 g/mol. The number of ketones is 1. The smallest absolute Gasteiger partial charge is 0.313 e. The fourth-order valence-electron chi connectivity index (χ4n) is 2.30. The van der Waals surface area contributed by atoms with Gasteiger partial charge in [-0.3, -0.25) is 9.59 Å². The normalized spacial score (nSPS) is 10.5. The molecule has 0 amide bonds. The zero-order valence-corrected chi connectivity index (χ0v) is 13.5. The van der Waals surface area contributed by atoms with Crippen molar-refractivity contribution in [3.8, 4) is 11.6 Å². The van der Waals surface area contributed by atoms with E-state index in [0.29, 0.717) is 23.4 Å². The van der Waals surface area contributed by atoms with Crippen molar-refractivity contribution in [2.45, 2.75) is 13.5 Å². The third-order valence-corrected chi connectivity index (χ3v) is 3.66. The standard InChI is InChI=1S/C19H15FN2O3/c1-2-22-12-11-21-18(19(22)24)25-16-9-5-14(6-10-16)17(23)13-3-7-15(20)8-4-13/h3-12H,2H2,1H3. The van der Waals surface area contributed by atoms with E-state index >= 15 is 0 Å². The van der Waals surface area contributed by atoms with E-state index < -0.39 is 5.82 Å². The molecule has 25 heavy (non-hydrogen) atoms. The van der Waals surface area contributed by atoms with Crippen LogP contribution < -0.4 is 10.3 Å². The van der Waals surface area contributed by atoms with Gasteiger partial charge in [-0.05, 0) is 55.5 Å². The third-order valence-electron chi connectivity index (χ3n) is 3.66. The number of carbonyl (C=O) groups is 1. The van der Waals surface area contributed by atoms with Gasteiger partial charge in [0, 0.05) is 30.1 Å². The number of carbonyl (C=O) groups excluding carboxylic acids is 1. The molecule has 0 radical (unpaired) electrons. The van der Waals surface area contributed by atoms with Crippen LogP contribution in [0.15, 0.2) is 65.7 Å². The van der Waals surface area contributed by atoms with Gasteiger partial charge in [-0.2, -0.15) is 0 Å². The highest BCUT2D eigenvalue weighted by atomic mass is 19.1. The molecule has 3 aromatic rings. The molecule has 0 saturated heterocycles. The second-order valence-electron chi connectivity index (χ2n) is 5.29. The SMILES string of the molecule is CCn1ccnc(Oc2ccc(C(=O)c3ccc(F)cc3)cc2)c1=O. The number of nitrogens with zero attached hydrogens (tertiary/aromatic N) is 2. The number of aromatic nitrogens is 2. The molecular formula is C19H15FN2O3. The molecule has 0 aliphatic heterocycles. The summed E-state index contributed by atoms with van der Waals surface area (Å²) in [6.07, 6.45) is 3.08. The Bertz CT molecular complexity index is 948. The molecule has 3 rings (SSSR count). The van der Waals surface area contributed by atoms with Gasteiger partial charge in [0.05, 0.1) is 0 Å². The van der Waals surface area contributed by atoms with E-state index in [1.165, 1.54) is 35.0 Å². The largest absolute Gasteiger partial charge is 0.435 e. The molecule has 1 aromatic heterocycles. The molecular weight excluding hydrogens is 323 g/mol. The summed E-state index contributed by atoms with van der Waals surface area (Å²) in [6, 6.07) is 11.7. The Morgan fingerprint density at radius 3 is 2.28 bits per heavy atom. The summed E-state index contributed by atoms with van der Waals surface area (Å²) in [7, 11) is 0. The first-order chi connectivity index (χ1) is 12.1. The van der Waals surface area contributed by atoms with Crippen molar-refractivity contribution in [2.75, 3.05) is 0 Å². The minimum atomic E-state index is -0.395. The predicted octanol–water partition coefficient (Wildman–Crippen LogP) is 3.43. The average molecular weight is 338 g/mol. The van der Waals surface area contributed by atoms with E-state index in [1.807, 2.05) is 6.92 Å². The molecule has 6 heteroatoms. The van der Waals surface area contributed by atoms with Crippen molar-refractivity contribution in [3.05, 3.63) is 88.2 Å². The van der Waals surface area contributed by atoms with E-state index in [4.69, 9.17) is 4.74 Å². The summed E-state index contributed by atoms with van der Waals surface area (Å²) in [5.74, 6) is -0.248. The molecule has 0 bridgehead atoms. The molecule has 0 aliphatic rings. The first kappa shape index (κ1) is 16.6. The summed E-state index contributed by atoms with van der Waals surface area (Å²) in [4.78, 5) is 28.4. The summed E-state index contributed by atoms with van der Waals surface area (Å²) >= 11 is 0. The third kappa shape index (κ3) is 3.63. The lowest BCUT2D eigenvalue weighted by Gasteiger charge is -2.07. The molecule has 0 aliphatic carbocycles. The molecule has 0 fully saturated rings. The molecule has 5 nitrogen and oxygen atoms in total. The van der Waals surface area contributed by atoms with Crippen LogP contribution in [0.1, 0.15) is 22.8 Å². The Morgan fingerprint density at radius 2 is 1.68 bits per heavy atom. The minimum absolute atomic E-state index is 0.0260. The van der Waals surface area contributed by atoms with Crippen LogP contribution in [0.5, 0.6) is 11.6 Å². The molecule has 0 saturated carbocycles. The Labute approximate surface area is 143 Å². The molecule has 0 atom stereocenters. The van der Waals surface area contributed by atoms with Crippen molar-refractivity contribution in [1.29, 1.82) is 0 Å². The zero-order valence-electron chi connectivity index (χ0n) is 13.5. The second kappa shape index (κ2) is 7.09. The molecule has 0 unspecified atom stereocenters. The lowest BCUT2D eigenvalue weighted by molar-refractivity contribution is 0.103. The maximum atomic E-state index is 12.9. The van der Waals surface area contributed by atoms with Crippen molar-refractivity contribution >= 4 is 5.78 Å². The summed E-state index contributed by atoms with van der Waals surface area (Å²) in [5.41, 5.74) is 0.507. The van der Waals surface area contributed by atoms with Crippen molar-refractivity contribution in [2.24, 2.45) is 0 Å².